The third kappa shape index (κ3) is 3.52. The van der Waals surface area contributed by atoms with Crippen molar-refractivity contribution in [2.75, 3.05) is 11.9 Å². The molecular formula is C13H11F3N2O2S. The number of hydrogen-bond donors (Lipinski definition) is 1. The number of hydrogen-bond acceptors (Lipinski definition) is 5. The molecule has 2 aromatic rings. The number of halogens is 3. The molecule has 0 aliphatic heterocycles. The third-order valence-electron chi connectivity index (χ3n) is 2.52. The molecular weight excluding hydrogens is 305 g/mol. The number of anilines is 2. The first-order valence-electron chi connectivity index (χ1n) is 5.97. The molecule has 0 atom stereocenters. The average Bonchev–Trinajstić information content (AvgIpc) is 2.86. The second kappa shape index (κ2) is 6.13. The summed E-state index contributed by atoms with van der Waals surface area (Å²) >= 11 is 1.03. The number of carbonyl (C=O) groups is 1. The Morgan fingerprint density at radius 1 is 1.38 bits per heavy atom. The average molecular weight is 316 g/mol. The van der Waals surface area contributed by atoms with Gasteiger partial charge in [-0.1, -0.05) is 12.1 Å². The first kappa shape index (κ1) is 15.3. The van der Waals surface area contributed by atoms with Gasteiger partial charge in [-0.15, -0.1) is 11.3 Å². The fourth-order valence-corrected chi connectivity index (χ4v) is 2.32. The van der Waals surface area contributed by atoms with Gasteiger partial charge in [0.05, 0.1) is 23.4 Å². The lowest BCUT2D eigenvalue weighted by Gasteiger charge is -2.13. The van der Waals surface area contributed by atoms with Crippen molar-refractivity contribution in [3.05, 3.63) is 41.0 Å². The number of ether oxygens (including phenoxy) is 1. The highest BCUT2D eigenvalue weighted by Crippen LogP contribution is 2.37. The number of esters is 1. The Hall–Kier alpha value is -2.09. The van der Waals surface area contributed by atoms with E-state index in [1.54, 1.807) is 6.92 Å². The van der Waals surface area contributed by atoms with Crippen LogP contribution in [-0.2, 0) is 10.9 Å². The van der Waals surface area contributed by atoms with E-state index in [1.807, 2.05) is 0 Å². The van der Waals surface area contributed by atoms with Crippen molar-refractivity contribution in [3.8, 4) is 0 Å². The van der Waals surface area contributed by atoms with E-state index in [-0.39, 0.29) is 23.0 Å². The molecule has 1 heterocycles. The highest BCUT2D eigenvalue weighted by molar-refractivity contribution is 7.14. The quantitative estimate of drug-likeness (QED) is 0.864. The van der Waals surface area contributed by atoms with Gasteiger partial charge in [-0.2, -0.15) is 13.2 Å². The number of nitrogens with zero attached hydrogens (tertiary/aromatic N) is 1. The van der Waals surface area contributed by atoms with Gasteiger partial charge in [0.25, 0.3) is 0 Å². The molecule has 0 aliphatic rings. The molecule has 0 fully saturated rings. The van der Waals surface area contributed by atoms with E-state index in [1.165, 1.54) is 23.7 Å². The lowest BCUT2D eigenvalue weighted by atomic mass is 10.1. The molecule has 1 N–H and O–H groups in total. The maximum Gasteiger partial charge on any atom is 0.418 e. The minimum atomic E-state index is -4.49. The Bertz CT molecular complexity index is 640. The minimum absolute atomic E-state index is 0.0289. The molecule has 4 nitrogen and oxygen atoms in total. The highest BCUT2D eigenvalue weighted by Gasteiger charge is 2.33. The first-order chi connectivity index (χ1) is 9.93. The predicted octanol–water partition coefficient (Wildman–Crippen LogP) is 4.08. The zero-order chi connectivity index (χ0) is 15.5. The zero-order valence-corrected chi connectivity index (χ0v) is 11.7. The smallest absolute Gasteiger partial charge is 0.418 e. The van der Waals surface area contributed by atoms with Gasteiger partial charge < -0.3 is 10.1 Å². The molecule has 0 radical (unpaired) electrons. The first-order valence-corrected chi connectivity index (χ1v) is 6.85. The number of nitrogens with one attached hydrogen (secondary N) is 1. The van der Waals surface area contributed by atoms with E-state index in [0.717, 1.165) is 17.4 Å². The molecule has 0 saturated heterocycles. The van der Waals surface area contributed by atoms with Crippen molar-refractivity contribution < 1.29 is 22.7 Å². The maximum absolute atomic E-state index is 12.9. The van der Waals surface area contributed by atoms with Crippen molar-refractivity contribution >= 4 is 28.0 Å². The van der Waals surface area contributed by atoms with Crippen LogP contribution in [-0.4, -0.2) is 17.6 Å². The zero-order valence-electron chi connectivity index (χ0n) is 10.9. The van der Waals surface area contributed by atoms with Crippen LogP contribution in [0.5, 0.6) is 0 Å². The number of rotatable bonds is 4. The highest BCUT2D eigenvalue weighted by atomic mass is 32.1. The lowest BCUT2D eigenvalue weighted by Crippen LogP contribution is -2.10. The van der Waals surface area contributed by atoms with Crippen molar-refractivity contribution in [1.82, 2.24) is 4.98 Å². The summed E-state index contributed by atoms with van der Waals surface area (Å²) in [6.45, 7) is 1.80. The molecule has 112 valence electrons. The van der Waals surface area contributed by atoms with Crippen molar-refractivity contribution in [2.24, 2.45) is 0 Å². The number of aromatic nitrogens is 1. The fourth-order valence-electron chi connectivity index (χ4n) is 1.64. The predicted molar refractivity (Wildman–Crippen MR) is 72.8 cm³/mol. The summed E-state index contributed by atoms with van der Waals surface area (Å²) in [5.41, 5.74) is 0.386. The molecule has 0 saturated carbocycles. The molecule has 2 rings (SSSR count). The van der Waals surface area contributed by atoms with Gasteiger partial charge >= 0.3 is 12.1 Å². The molecule has 0 spiro atoms. The second-order valence-corrected chi connectivity index (χ2v) is 4.77. The van der Waals surface area contributed by atoms with Crippen molar-refractivity contribution in [1.29, 1.82) is 0 Å². The fraction of sp³-hybridized carbons (Fsp3) is 0.231. The van der Waals surface area contributed by atoms with Crippen LogP contribution >= 0.6 is 11.3 Å². The Morgan fingerprint density at radius 3 is 2.76 bits per heavy atom. The van der Waals surface area contributed by atoms with E-state index in [0.29, 0.717) is 0 Å². The molecule has 1 aromatic heterocycles. The number of thiazole rings is 1. The summed E-state index contributed by atoms with van der Waals surface area (Å²) in [5, 5.41) is 2.82. The Morgan fingerprint density at radius 2 is 2.10 bits per heavy atom. The summed E-state index contributed by atoms with van der Waals surface area (Å²) in [4.78, 5) is 15.5. The lowest BCUT2D eigenvalue weighted by molar-refractivity contribution is -0.136. The molecule has 1 aromatic carbocycles. The third-order valence-corrected chi connectivity index (χ3v) is 3.26. The molecule has 0 amide bonds. The molecule has 8 heteroatoms. The summed E-state index contributed by atoms with van der Waals surface area (Å²) < 4.78 is 43.5. The van der Waals surface area contributed by atoms with Gasteiger partial charge in [-0.05, 0) is 19.1 Å². The summed E-state index contributed by atoms with van der Waals surface area (Å²) in [5.74, 6) is -0.675. The molecule has 0 aliphatic carbocycles. The van der Waals surface area contributed by atoms with E-state index >= 15 is 0 Å². The van der Waals surface area contributed by atoms with E-state index in [4.69, 9.17) is 4.74 Å². The number of alkyl halides is 3. The second-order valence-electron chi connectivity index (χ2n) is 3.92. The van der Waals surface area contributed by atoms with Crippen LogP contribution in [0.2, 0.25) is 0 Å². The topological polar surface area (TPSA) is 51.2 Å². The van der Waals surface area contributed by atoms with Gasteiger partial charge in [0.1, 0.15) is 5.00 Å². The van der Waals surface area contributed by atoms with Crippen LogP contribution in [0.4, 0.5) is 23.9 Å². The van der Waals surface area contributed by atoms with Gasteiger partial charge in [0.15, 0.2) is 5.69 Å². The van der Waals surface area contributed by atoms with Crippen LogP contribution in [0.15, 0.2) is 29.8 Å². The van der Waals surface area contributed by atoms with Gasteiger partial charge in [0, 0.05) is 0 Å². The largest absolute Gasteiger partial charge is 0.461 e. The maximum atomic E-state index is 12.9. The van der Waals surface area contributed by atoms with Crippen LogP contribution in [0, 0.1) is 0 Å². The Balaban J connectivity index is 2.32. The molecule has 0 bridgehead atoms. The van der Waals surface area contributed by atoms with Crippen LogP contribution in [0.25, 0.3) is 0 Å². The van der Waals surface area contributed by atoms with Crippen LogP contribution in [0.3, 0.4) is 0 Å². The number of benzene rings is 1. The van der Waals surface area contributed by atoms with E-state index < -0.39 is 17.7 Å². The van der Waals surface area contributed by atoms with E-state index in [2.05, 4.69) is 10.3 Å². The minimum Gasteiger partial charge on any atom is -0.461 e. The SMILES string of the molecule is CCOC(=O)c1ncsc1Nc1ccccc1C(F)(F)F. The number of para-hydroxylation sites is 1. The van der Waals surface area contributed by atoms with Crippen molar-refractivity contribution in [2.45, 2.75) is 13.1 Å². The van der Waals surface area contributed by atoms with Crippen LogP contribution < -0.4 is 5.32 Å². The summed E-state index contributed by atoms with van der Waals surface area (Å²) in [6, 6.07) is 5.03. The standard InChI is InChI=1S/C13H11F3N2O2S/c1-2-20-12(19)10-11(21-7-17-10)18-9-6-4-3-5-8(9)13(14,15)16/h3-7,18H,2H2,1H3. The summed E-state index contributed by atoms with van der Waals surface area (Å²) in [7, 11) is 0. The normalized spacial score (nSPS) is 11.2. The van der Waals surface area contributed by atoms with Crippen LogP contribution in [0.1, 0.15) is 23.0 Å². The van der Waals surface area contributed by atoms with E-state index in [9.17, 15) is 18.0 Å². The molecule has 0 unspecified atom stereocenters. The Labute approximate surface area is 122 Å². The number of carbonyl (C=O) groups excluding carboxylic acids is 1. The molecule has 21 heavy (non-hydrogen) atoms. The van der Waals surface area contributed by atoms with Gasteiger partial charge in [-0.3, -0.25) is 0 Å². The summed E-state index contributed by atoms with van der Waals surface area (Å²) in [6.07, 6.45) is -4.49. The van der Waals surface area contributed by atoms with Gasteiger partial charge in [0.2, 0.25) is 0 Å². The monoisotopic (exact) mass is 316 g/mol. The van der Waals surface area contributed by atoms with Crippen molar-refractivity contribution in [3.63, 3.8) is 0 Å². The van der Waals surface area contributed by atoms with Gasteiger partial charge in [-0.25, -0.2) is 9.78 Å². The Kier molecular flexibility index (Phi) is 4.46.